The van der Waals surface area contributed by atoms with Crippen LogP contribution in [0, 0.1) is 0 Å². The smallest absolute Gasteiger partial charge is 0.309 e. The fourth-order valence-corrected chi connectivity index (χ4v) is 2.66. The SMILES string of the molecule is C/C(=C\CC/C(C)=C/CCc1ccoc1)C/C=C/C1=CCC(=O)OC1. The first-order valence-corrected chi connectivity index (χ1v) is 8.97. The molecule has 1 aliphatic rings. The summed E-state index contributed by atoms with van der Waals surface area (Å²) in [5.74, 6) is -0.138. The lowest BCUT2D eigenvalue weighted by molar-refractivity contribution is -0.142. The third kappa shape index (κ3) is 7.88. The van der Waals surface area contributed by atoms with Crippen molar-refractivity contribution in [2.75, 3.05) is 6.61 Å². The van der Waals surface area contributed by atoms with Crippen molar-refractivity contribution in [2.45, 2.75) is 52.4 Å². The molecule has 1 aromatic rings. The monoisotopic (exact) mass is 340 g/mol. The van der Waals surface area contributed by atoms with Gasteiger partial charge in [0.15, 0.2) is 0 Å². The summed E-state index contributed by atoms with van der Waals surface area (Å²) >= 11 is 0. The van der Waals surface area contributed by atoms with Crippen LogP contribution < -0.4 is 0 Å². The summed E-state index contributed by atoms with van der Waals surface area (Å²) in [4.78, 5) is 11.0. The van der Waals surface area contributed by atoms with Crippen LogP contribution in [0.4, 0.5) is 0 Å². The topological polar surface area (TPSA) is 39.4 Å². The van der Waals surface area contributed by atoms with E-state index in [9.17, 15) is 4.79 Å². The van der Waals surface area contributed by atoms with Gasteiger partial charge in [-0.1, -0.05) is 41.5 Å². The van der Waals surface area contributed by atoms with Gasteiger partial charge in [0.05, 0.1) is 18.9 Å². The average Bonchev–Trinajstić information content (AvgIpc) is 3.10. The van der Waals surface area contributed by atoms with E-state index in [4.69, 9.17) is 9.15 Å². The summed E-state index contributed by atoms with van der Waals surface area (Å²) in [5, 5.41) is 0. The first-order valence-electron chi connectivity index (χ1n) is 8.97. The van der Waals surface area contributed by atoms with Crippen LogP contribution in [-0.4, -0.2) is 12.6 Å². The molecule has 1 aliphatic heterocycles. The Morgan fingerprint density at radius 2 is 2.04 bits per heavy atom. The molecule has 0 bridgehead atoms. The van der Waals surface area contributed by atoms with Crippen molar-refractivity contribution in [3.05, 3.63) is 71.3 Å². The second kappa shape index (κ2) is 10.5. The Balaban J connectivity index is 1.63. The molecule has 0 saturated heterocycles. The van der Waals surface area contributed by atoms with Crippen molar-refractivity contribution in [1.29, 1.82) is 0 Å². The van der Waals surface area contributed by atoms with Gasteiger partial charge in [-0.25, -0.2) is 0 Å². The normalized spacial score (nSPS) is 16.2. The van der Waals surface area contributed by atoms with E-state index in [1.165, 1.54) is 16.7 Å². The van der Waals surface area contributed by atoms with E-state index < -0.39 is 0 Å². The zero-order valence-corrected chi connectivity index (χ0v) is 15.3. The standard InChI is InChI=1S/C22H28O3/c1-18(8-4-10-20-12-13-22(23)25-17-20)6-3-7-19(2)9-5-11-21-14-15-24-16-21/h4,6,9-10,12,14-16H,3,5,7-8,11,13,17H2,1-2H3/b10-4+,18-6+,19-9+. The molecule has 3 nitrogen and oxygen atoms in total. The Kier molecular flexibility index (Phi) is 8.03. The first kappa shape index (κ1) is 19.0. The van der Waals surface area contributed by atoms with E-state index in [1.54, 1.807) is 6.26 Å². The molecule has 0 radical (unpaired) electrons. The molecule has 2 heterocycles. The predicted molar refractivity (Wildman–Crippen MR) is 101 cm³/mol. The Labute approximate surface area is 150 Å². The quantitative estimate of drug-likeness (QED) is 0.427. The maximum Gasteiger partial charge on any atom is 0.309 e. The van der Waals surface area contributed by atoms with Crippen molar-refractivity contribution < 1.29 is 13.9 Å². The highest BCUT2D eigenvalue weighted by atomic mass is 16.5. The summed E-state index contributed by atoms with van der Waals surface area (Å²) in [6.45, 7) is 4.77. The molecule has 0 unspecified atom stereocenters. The maximum atomic E-state index is 11.0. The molecule has 1 aromatic heterocycles. The molecule has 2 rings (SSSR count). The van der Waals surface area contributed by atoms with Gasteiger partial charge < -0.3 is 9.15 Å². The molecule has 0 atom stereocenters. The van der Waals surface area contributed by atoms with E-state index in [0.717, 1.165) is 37.7 Å². The number of allylic oxidation sites excluding steroid dienone is 5. The lowest BCUT2D eigenvalue weighted by atomic mass is 10.1. The van der Waals surface area contributed by atoms with Gasteiger partial charge in [-0.3, -0.25) is 4.79 Å². The number of rotatable bonds is 9. The van der Waals surface area contributed by atoms with Crippen LogP contribution in [0.15, 0.2) is 70.1 Å². The lowest BCUT2D eigenvalue weighted by Gasteiger charge is -2.09. The molecule has 0 aliphatic carbocycles. The molecule has 0 N–H and O–H groups in total. The fraction of sp³-hybridized carbons (Fsp3) is 0.409. The fourth-order valence-electron chi connectivity index (χ4n) is 2.66. The van der Waals surface area contributed by atoms with E-state index in [0.29, 0.717) is 13.0 Å². The van der Waals surface area contributed by atoms with Gasteiger partial charge in [0.25, 0.3) is 0 Å². The summed E-state index contributed by atoms with van der Waals surface area (Å²) in [7, 11) is 0. The minimum absolute atomic E-state index is 0.138. The number of carbonyl (C=O) groups is 1. The van der Waals surface area contributed by atoms with Crippen LogP contribution in [0.25, 0.3) is 0 Å². The van der Waals surface area contributed by atoms with Crippen LogP contribution in [0.2, 0.25) is 0 Å². The van der Waals surface area contributed by atoms with E-state index in [-0.39, 0.29) is 5.97 Å². The van der Waals surface area contributed by atoms with Crippen molar-refractivity contribution in [2.24, 2.45) is 0 Å². The Bertz CT molecular complexity index is 657. The predicted octanol–water partition coefficient (Wildman–Crippen LogP) is 5.70. The third-order valence-electron chi connectivity index (χ3n) is 4.24. The molecule has 3 heteroatoms. The van der Waals surface area contributed by atoms with Crippen molar-refractivity contribution in [1.82, 2.24) is 0 Å². The van der Waals surface area contributed by atoms with Crippen molar-refractivity contribution in [3.63, 3.8) is 0 Å². The van der Waals surface area contributed by atoms with Crippen LogP contribution in [-0.2, 0) is 16.0 Å². The van der Waals surface area contributed by atoms with Gasteiger partial charge >= 0.3 is 5.97 Å². The van der Waals surface area contributed by atoms with Crippen molar-refractivity contribution in [3.8, 4) is 0 Å². The van der Waals surface area contributed by atoms with Crippen LogP contribution in [0.3, 0.4) is 0 Å². The molecule has 0 spiro atoms. The number of cyclic esters (lactones) is 1. The second-order valence-electron chi connectivity index (χ2n) is 6.56. The zero-order chi connectivity index (χ0) is 17.9. The summed E-state index contributed by atoms with van der Waals surface area (Å²) in [6, 6.07) is 2.02. The Morgan fingerprint density at radius 1 is 1.20 bits per heavy atom. The number of esters is 1. The Morgan fingerprint density at radius 3 is 2.76 bits per heavy atom. The average molecular weight is 340 g/mol. The van der Waals surface area contributed by atoms with Gasteiger partial charge in [0.1, 0.15) is 6.61 Å². The van der Waals surface area contributed by atoms with E-state index in [1.807, 2.05) is 18.4 Å². The lowest BCUT2D eigenvalue weighted by Crippen LogP contribution is -2.10. The molecular formula is C22H28O3. The Hall–Kier alpha value is -2.29. The van der Waals surface area contributed by atoms with Gasteiger partial charge in [-0.15, -0.1) is 0 Å². The highest BCUT2D eigenvalue weighted by Gasteiger charge is 2.07. The largest absolute Gasteiger partial charge is 0.472 e. The molecule has 0 fully saturated rings. The van der Waals surface area contributed by atoms with Crippen molar-refractivity contribution >= 4 is 5.97 Å². The maximum absolute atomic E-state index is 11.0. The molecule has 0 aromatic carbocycles. The highest BCUT2D eigenvalue weighted by Crippen LogP contribution is 2.13. The van der Waals surface area contributed by atoms with E-state index >= 15 is 0 Å². The molecule has 25 heavy (non-hydrogen) atoms. The number of furan rings is 1. The number of hydrogen-bond acceptors (Lipinski definition) is 3. The van der Waals surface area contributed by atoms with Crippen LogP contribution in [0.1, 0.15) is 51.5 Å². The van der Waals surface area contributed by atoms with Crippen LogP contribution >= 0.6 is 0 Å². The first-order chi connectivity index (χ1) is 12.1. The molecular weight excluding hydrogens is 312 g/mol. The van der Waals surface area contributed by atoms with Gasteiger partial charge in [0, 0.05) is 0 Å². The summed E-state index contributed by atoms with van der Waals surface area (Å²) in [5.41, 5.74) is 5.16. The van der Waals surface area contributed by atoms with E-state index in [2.05, 4.69) is 38.2 Å². The summed E-state index contributed by atoms with van der Waals surface area (Å²) in [6.07, 6.45) is 19.9. The summed E-state index contributed by atoms with van der Waals surface area (Å²) < 4.78 is 10.1. The van der Waals surface area contributed by atoms with Gasteiger partial charge in [0.2, 0.25) is 0 Å². The minimum atomic E-state index is -0.138. The molecule has 0 saturated carbocycles. The zero-order valence-electron chi connectivity index (χ0n) is 15.3. The number of hydrogen-bond donors (Lipinski definition) is 0. The number of aryl methyl sites for hydroxylation is 1. The van der Waals surface area contributed by atoms with Gasteiger partial charge in [-0.2, -0.15) is 0 Å². The minimum Gasteiger partial charge on any atom is -0.472 e. The molecule has 0 amide bonds. The van der Waals surface area contributed by atoms with Gasteiger partial charge in [-0.05, 0) is 63.2 Å². The number of ether oxygens (including phenoxy) is 1. The van der Waals surface area contributed by atoms with Crippen LogP contribution in [0.5, 0.6) is 0 Å². The highest BCUT2D eigenvalue weighted by molar-refractivity contribution is 5.73. The second-order valence-corrected chi connectivity index (χ2v) is 6.56. The molecule has 134 valence electrons. The third-order valence-corrected chi connectivity index (χ3v) is 4.24. The number of carbonyl (C=O) groups excluding carboxylic acids is 1.